The fourth-order valence-corrected chi connectivity index (χ4v) is 2.02. The van der Waals surface area contributed by atoms with E-state index in [9.17, 15) is 4.79 Å². The lowest BCUT2D eigenvalue weighted by atomic mass is 9.98. The van der Waals surface area contributed by atoms with Gasteiger partial charge in [0.15, 0.2) is 0 Å². The van der Waals surface area contributed by atoms with Crippen LogP contribution in [0.1, 0.15) is 34.0 Å². The molecule has 0 radical (unpaired) electrons. The van der Waals surface area contributed by atoms with E-state index in [1.54, 1.807) is 11.9 Å². The average Bonchev–Trinajstić information content (AvgIpc) is 2.25. The maximum Gasteiger partial charge on any atom is 0.254 e. The fraction of sp³-hybridized carbons (Fsp3) is 0.500. The highest BCUT2D eigenvalue weighted by Crippen LogP contribution is 2.18. The van der Waals surface area contributed by atoms with Crippen molar-refractivity contribution in [1.82, 2.24) is 4.90 Å². The number of hydrogen-bond acceptors (Lipinski definition) is 2. The summed E-state index contributed by atoms with van der Waals surface area (Å²) in [4.78, 5) is 13.9. The van der Waals surface area contributed by atoms with E-state index in [4.69, 9.17) is 5.11 Å². The SMILES string of the molecule is Cc1cc(C)c(C(=O)N(C)C(C)CO)c(C)c1. The molecule has 0 aromatic heterocycles. The smallest absolute Gasteiger partial charge is 0.254 e. The zero-order chi connectivity index (χ0) is 13.2. The van der Waals surface area contributed by atoms with Crippen LogP contribution in [0.2, 0.25) is 0 Å². The molecule has 0 heterocycles. The molecule has 1 atom stereocenters. The van der Waals surface area contributed by atoms with Crippen LogP contribution >= 0.6 is 0 Å². The maximum absolute atomic E-state index is 12.3. The van der Waals surface area contributed by atoms with E-state index in [0.717, 1.165) is 22.3 Å². The van der Waals surface area contributed by atoms with Crippen LogP contribution in [-0.4, -0.2) is 35.6 Å². The van der Waals surface area contributed by atoms with Crippen molar-refractivity contribution in [1.29, 1.82) is 0 Å². The van der Waals surface area contributed by atoms with Crippen molar-refractivity contribution in [3.05, 3.63) is 34.4 Å². The Labute approximate surface area is 103 Å². The highest BCUT2D eigenvalue weighted by Gasteiger charge is 2.20. The number of aliphatic hydroxyl groups excluding tert-OH is 1. The first-order chi connectivity index (χ1) is 7.88. The van der Waals surface area contributed by atoms with Crippen LogP contribution in [0.4, 0.5) is 0 Å². The quantitative estimate of drug-likeness (QED) is 0.871. The monoisotopic (exact) mass is 235 g/mol. The highest BCUT2D eigenvalue weighted by molar-refractivity contribution is 5.97. The summed E-state index contributed by atoms with van der Waals surface area (Å²) in [7, 11) is 1.72. The molecule has 94 valence electrons. The number of benzene rings is 1. The fourth-order valence-electron chi connectivity index (χ4n) is 2.02. The zero-order valence-electron chi connectivity index (χ0n) is 11.2. The Balaban J connectivity index is 3.13. The third-order valence-electron chi connectivity index (χ3n) is 3.14. The number of amides is 1. The number of carbonyl (C=O) groups excluding carboxylic acids is 1. The van der Waals surface area contributed by atoms with E-state index >= 15 is 0 Å². The number of hydrogen-bond donors (Lipinski definition) is 1. The summed E-state index contributed by atoms with van der Waals surface area (Å²) >= 11 is 0. The number of rotatable bonds is 3. The molecule has 3 nitrogen and oxygen atoms in total. The molecule has 3 heteroatoms. The molecule has 1 aromatic carbocycles. The summed E-state index contributed by atoms with van der Waals surface area (Å²) in [6.45, 7) is 7.73. The van der Waals surface area contributed by atoms with E-state index in [1.165, 1.54) is 0 Å². The average molecular weight is 235 g/mol. The number of nitrogens with zero attached hydrogens (tertiary/aromatic N) is 1. The molecule has 1 N–H and O–H groups in total. The van der Waals surface area contributed by atoms with Crippen LogP contribution in [0.15, 0.2) is 12.1 Å². The van der Waals surface area contributed by atoms with Gasteiger partial charge in [-0.15, -0.1) is 0 Å². The minimum atomic E-state index is -0.164. The Morgan fingerprint density at radius 2 is 1.76 bits per heavy atom. The zero-order valence-corrected chi connectivity index (χ0v) is 11.2. The van der Waals surface area contributed by atoms with Gasteiger partial charge in [0.2, 0.25) is 0 Å². The van der Waals surface area contributed by atoms with Crippen LogP contribution in [0, 0.1) is 20.8 Å². The van der Waals surface area contributed by atoms with Crippen molar-refractivity contribution in [2.45, 2.75) is 33.7 Å². The minimum Gasteiger partial charge on any atom is -0.394 e. The summed E-state index contributed by atoms with van der Waals surface area (Å²) in [5, 5.41) is 9.09. The summed E-state index contributed by atoms with van der Waals surface area (Å²) in [5.74, 6) is -0.0263. The van der Waals surface area contributed by atoms with Gasteiger partial charge < -0.3 is 10.0 Å². The van der Waals surface area contributed by atoms with Crippen LogP contribution in [0.25, 0.3) is 0 Å². The van der Waals surface area contributed by atoms with Crippen molar-refractivity contribution in [2.24, 2.45) is 0 Å². The predicted octanol–water partition coefficient (Wildman–Crippen LogP) is 2.06. The van der Waals surface area contributed by atoms with Gasteiger partial charge >= 0.3 is 0 Å². The number of likely N-dealkylation sites (N-methyl/N-ethyl adjacent to an activating group) is 1. The summed E-state index contributed by atoms with van der Waals surface area (Å²) in [5.41, 5.74) is 3.89. The molecule has 0 saturated carbocycles. The third kappa shape index (κ3) is 2.86. The highest BCUT2D eigenvalue weighted by atomic mass is 16.3. The second kappa shape index (κ2) is 5.32. The molecule has 1 unspecified atom stereocenters. The normalized spacial score (nSPS) is 12.4. The lowest BCUT2D eigenvalue weighted by Gasteiger charge is -2.25. The molecule has 0 aliphatic heterocycles. The molecule has 0 bridgehead atoms. The van der Waals surface area contributed by atoms with E-state index < -0.39 is 0 Å². The van der Waals surface area contributed by atoms with E-state index in [2.05, 4.69) is 0 Å². The van der Waals surface area contributed by atoms with Gasteiger partial charge in [0, 0.05) is 12.6 Å². The van der Waals surface area contributed by atoms with Gasteiger partial charge in [-0.2, -0.15) is 0 Å². The molecule has 0 saturated heterocycles. The van der Waals surface area contributed by atoms with Crippen molar-refractivity contribution in [3.63, 3.8) is 0 Å². The molecule has 1 amide bonds. The lowest BCUT2D eigenvalue weighted by molar-refractivity contribution is 0.0680. The minimum absolute atomic E-state index is 0.0216. The van der Waals surface area contributed by atoms with Gasteiger partial charge in [-0.25, -0.2) is 0 Å². The molecule has 17 heavy (non-hydrogen) atoms. The Kier molecular flexibility index (Phi) is 4.29. The van der Waals surface area contributed by atoms with Crippen LogP contribution in [-0.2, 0) is 0 Å². The Hall–Kier alpha value is -1.35. The van der Waals surface area contributed by atoms with Crippen molar-refractivity contribution in [3.8, 4) is 0 Å². The van der Waals surface area contributed by atoms with Gasteiger partial charge in [0.25, 0.3) is 5.91 Å². The van der Waals surface area contributed by atoms with Crippen molar-refractivity contribution >= 4 is 5.91 Å². The Morgan fingerprint density at radius 1 is 1.29 bits per heavy atom. The Morgan fingerprint density at radius 3 is 2.18 bits per heavy atom. The molecule has 0 fully saturated rings. The number of aliphatic hydroxyl groups is 1. The van der Waals surface area contributed by atoms with Gasteiger partial charge in [-0.1, -0.05) is 17.7 Å². The first-order valence-electron chi connectivity index (χ1n) is 5.84. The van der Waals surface area contributed by atoms with Gasteiger partial charge in [0.05, 0.1) is 12.6 Å². The molecular weight excluding hydrogens is 214 g/mol. The predicted molar refractivity (Wildman–Crippen MR) is 69.3 cm³/mol. The van der Waals surface area contributed by atoms with Crippen LogP contribution < -0.4 is 0 Å². The standard InChI is InChI=1S/C14H21NO2/c1-9-6-10(2)13(11(3)7-9)14(17)15(5)12(4)8-16/h6-7,12,16H,8H2,1-5H3. The molecule has 0 aliphatic carbocycles. The van der Waals surface area contributed by atoms with Gasteiger partial charge in [-0.05, 0) is 38.8 Å². The van der Waals surface area contributed by atoms with Crippen molar-refractivity contribution < 1.29 is 9.90 Å². The maximum atomic E-state index is 12.3. The first-order valence-corrected chi connectivity index (χ1v) is 5.84. The molecule has 0 spiro atoms. The largest absolute Gasteiger partial charge is 0.394 e. The first kappa shape index (κ1) is 13.7. The summed E-state index contributed by atoms with van der Waals surface area (Å²) < 4.78 is 0. The number of carbonyl (C=O) groups is 1. The molecule has 0 aliphatic rings. The van der Waals surface area contributed by atoms with Crippen LogP contribution in [0.5, 0.6) is 0 Å². The number of aryl methyl sites for hydroxylation is 3. The topological polar surface area (TPSA) is 40.5 Å². The molecule has 1 aromatic rings. The van der Waals surface area contributed by atoms with Crippen molar-refractivity contribution in [2.75, 3.05) is 13.7 Å². The van der Waals surface area contributed by atoms with E-state index in [-0.39, 0.29) is 18.6 Å². The van der Waals surface area contributed by atoms with Gasteiger partial charge in [-0.3, -0.25) is 4.79 Å². The second-order valence-electron chi connectivity index (χ2n) is 4.72. The van der Waals surface area contributed by atoms with Gasteiger partial charge in [0.1, 0.15) is 0 Å². The van der Waals surface area contributed by atoms with E-state index in [1.807, 2.05) is 39.8 Å². The van der Waals surface area contributed by atoms with Crippen LogP contribution in [0.3, 0.4) is 0 Å². The van der Waals surface area contributed by atoms with E-state index in [0.29, 0.717) is 0 Å². The molecule has 1 rings (SSSR count). The third-order valence-corrected chi connectivity index (χ3v) is 3.14. The second-order valence-corrected chi connectivity index (χ2v) is 4.72. The Bertz CT molecular complexity index is 403. The lowest BCUT2D eigenvalue weighted by Crippen LogP contribution is -2.38. The molecular formula is C14H21NO2. The summed E-state index contributed by atoms with van der Waals surface area (Å²) in [6, 6.07) is 3.86. The summed E-state index contributed by atoms with van der Waals surface area (Å²) in [6.07, 6.45) is 0.